The summed E-state index contributed by atoms with van der Waals surface area (Å²) in [6.45, 7) is 4.50. The SMILES string of the molecule is CCCO.CCCO.Cl. The fourth-order valence-corrected chi connectivity index (χ4v) is 0. The summed E-state index contributed by atoms with van der Waals surface area (Å²) < 4.78 is 0. The summed E-state index contributed by atoms with van der Waals surface area (Å²) in [5, 5.41) is 15.8. The molecule has 0 rings (SSSR count). The fourth-order valence-electron chi connectivity index (χ4n) is 0. The van der Waals surface area contributed by atoms with Crippen LogP contribution in [0, 0.1) is 0 Å². The highest BCUT2D eigenvalue weighted by atomic mass is 35.5. The molecular weight excluding hydrogens is 140 g/mol. The van der Waals surface area contributed by atoms with Gasteiger partial charge in [-0.3, -0.25) is 0 Å². The summed E-state index contributed by atoms with van der Waals surface area (Å²) in [6, 6.07) is 0. The molecule has 2 N–H and O–H groups in total. The second-order valence-corrected chi connectivity index (χ2v) is 1.45. The van der Waals surface area contributed by atoms with Gasteiger partial charge in [-0.15, -0.1) is 12.4 Å². The van der Waals surface area contributed by atoms with E-state index in [1.807, 2.05) is 13.8 Å². The molecule has 0 fully saturated rings. The maximum Gasteiger partial charge on any atom is 0.0428 e. The molecule has 2 nitrogen and oxygen atoms in total. The lowest BCUT2D eigenvalue weighted by Gasteiger charge is -1.69. The Bertz CT molecular complexity index is 19.0. The molecule has 0 unspecified atom stereocenters. The Morgan fingerprint density at radius 2 is 1.00 bits per heavy atom. The lowest BCUT2D eigenvalue weighted by Crippen LogP contribution is -1.69. The molecule has 9 heavy (non-hydrogen) atoms. The monoisotopic (exact) mass is 156 g/mol. The number of hydrogen-bond acceptors (Lipinski definition) is 2. The van der Waals surface area contributed by atoms with Gasteiger partial charge in [-0.25, -0.2) is 0 Å². The zero-order valence-electron chi connectivity index (χ0n) is 6.13. The maximum absolute atomic E-state index is 7.88. The first kappa shape index (κ1) is 16.1. The Labute approximate surface area is 63.3 Å². The molecule has 3 heteroatoms. The number of hydrogen-bond donors (Lipinski definition) is 2. The summed E-state index contributed by atoms with van der Waals surface area (Å²) in [5.74, 6) is 0. The zero-order chi connectivity index (χ0) is 6.83. The predicted octanol–water partition coefficient (Wildman–Crippen LogP) is 1.20. The lowest BCUT2D eigenvalue weighted by molar-refractivity contribution is 0.294. The van der Waals surface area contributed by atoms with Crippen LogP contribution in [0.5, 0.6) is 0 Å². The van der Waals surface area contributed by atoms with Crippen LogP contribution >= 0.6 is 12.4 Å². The fraction of sp³-hybridized carbons (Fsp3) is 1.00. The minimum Gasteiger partial charge on any atom is -0.396 e. The van der Waals surface area contributed by atoms with E-state index < -0.39 is 0 Å². The number of aliphatic hydroxyl groups is 2. The minimum absolute atomic E-state index is 0. The van der Waals surface area contributed by atoms with Gasteiger partial charge in [-0.1, -0.05) is 13.8 Å². The Morgan fingerprint density at radius 3 is 1.00 bits per heavy atom. The molecule has 0 aromatic rings. The van der Waals surface area contributed by atoms with Gasteiger partial charge in [0.05, 0.1) is 0 Å². The van der Waals surface area contributed by atoms with E-state index in [9.17, 15) is 0 Å². The smallest absolute Gasteiger partial charge is 0.0428 e. The van der Waals surface area contributed by atoms with Crippen LogP contribution in [0.1, 0.15) is 26.7 Å². The van der Waals surface area contributed by atoms with Gasteiger partial charge >= 0.3 is 0 Å². The highest BCUT2D eigenvalue weighted by Crippen LogP contribution is 1.61. The molecule has 0 aromatic carbocycles. The molecule has 0 saturated carbocycles. The molecule has 0 amide bonds. The van der Waals surface area contributed by atoms with E-state index in [1.165, 1.54) is 0 Å². The molecule has 0 aliphatic heterocycles. The van der Waals surface area contributed by atoms with E-state index in [0.717, 1.165) is 12.8 Å². The van der Waals surface area contributed by atoms with Crippen LogP contribution in [0.25, 0.3) is 0 Å². The molecule has 0 heterocycles. The van der Waals surface area contributed by atoms with Crippen molar-refractivity contribution < 1.29 is 10.2 Å². The first-order valence-corrected chi connectivity index (χ1v) is 3.05. The average Bonchev–Trinajstić information content (AvgIpc) is 1.88. The molecule has 0 aliphatic carbocycles. The third-order valence-corrected chi connectivity index (χ3v) is 0.447. The van der Waals surface area contributed by atoms with Crippen LogP contribution in [0.15, 0.2) is 0 Å². The molecular formula is C6H17ClO2. The van der Waals surface area contributed by atoms with Gasteiger partial charge in [0.1, 0.15) is 0 Å². The number of rotatable bonds is 2. The standard InChI is InChI=1S/2C3H8O.ClH/c2*1-2-3-4;/h2*4H,2-3H2,1H3;1H. The van der Waals surface area contributed by atoms with Crippen molar-refractivity contribution in [3.8, 4) is 0 Å². The molecule has 60 valence electrons. The van der Waals surface area contributed by atoms with Gasteiger partial charge in [0.25, 0.3) is 0 Å². The van der Waals surface area contributed by atoms with Crippen molar-refractivity contribution >= 4 is 12.4 Å². The maximum atomic E-state index is 7.88. The van der Waals surface area contributed by atoms with Gasteiger partial charge in [0.2, 0.25) is 0 Å². The molecule has 0 radical (unpaired) electrons. The first-order valence-electron chi connectivity index (χ1n) is 3.05. The van der Waals surface area contributed by atoms with Crippen molar-refractivity contribution in [2.75, 3.05) is 13.2 Å². The summed E-state index contributed by atoms with van der Waals surface area (Å²) in [6.07, 6.45) is 1.75. The Morgan fingerprint density at radius 1 is 0.889 bits per heavy atom. The van der Waals surface area contributed by atoms with Crippen LogP contribution in [0.2, 0.25) is 0 Å². The van der Waals surface area contributed by atoms with Gasteiger partial charge in [-0.05, 0) is 12.8 Å². The van der Waals surface area contributed by atoms with Gasteiger partial charge in [-0.2, -0.15) is 0 Å². The molecule has 0 atom stereocenters. The normalized spacial score (nSPS) is 6.67. The minimum atomic E-state index is 0. The first-order chi connectivity index (χ1) is 3.83. The third-order valence-electron chi connectivity index (χ3n) is 0.447. The van der Waals surface area contributed by atoms with Crippen molar-refractivity contribution in [3.05, 3.63) is 0 Å². The molecule has 0 aliphatic rings. The second-order valence-electron chi connectivity index (χ2n) is 1.45. The topological polar surface area (TPSA) is 40.5 Å². The number of halogens is 1. The van der Waals surface area contributed by atoms with Crippen molar-refractivity contribution in [2.45, 2.75) is 26.7 Å². The van der Waals surface area contributed by atoms with E-state index in [-0.39, 0.29) is 12.4 Å². The van der Waals surface area contributed by atoms with E-state index in [2.05, 4.69) is 0 Å². The Kier molecular flexibility index (Phi) is 43.1. The summed E-state index contributed by atoms with van der Waals surface area (Å²) in [4.78, 5) is 0. The molecule has 0 saturated heterocycles. The van der Waals surface area contributed by atoms with Crippen molar-refractivity contribution in [1.29, 1.82) is 0 Å². The molecule has 0 bridgehead atoms. The highest BCUT2D eigenvalue weighted by molar-refractivity contribution is 5.85. The Hall–Kier alpha value is 0.210. The zero-order valence-corrected chi connectivity index (χ0v) is 6.95. The van der Waals surface area contributed by atoms with Crippen molar-refractivity contribution in [3.63, 3.8) is 0 Å². The molecule has 0 spiro atoms. The third kappa shape index (κ3) is 64.8. The Balaban J connectivity index is -0.0000000720. The van der Waals surface area contributed by atoms with Crippen LogP contribution < -0.4 is 0 Å². The highest BCUT2D eigenvalue weighted by Gasteiger charge is 1.57. The van der Waals surface area contributed by atoms with Crippen LogP contribution in [-0.2, 0) is 0 Å². The van der Waals surface area contributed by atoms with E-state index >= 15 is 0 Å². The quantitative estimate of drug-likeness (QED) is 0.631. The second kappa shape index (κ2) is 24.1. The number of aliphatic hydroxyl groups excluding tert-OH is 2. The van der Waals surface area contributed by atoms with Crippen molar-refractivity contribution in [1.82, 2.24) is 0 Å². The van der Waals surface area contributed by atoms with Gasteiger partial charge < -0.3 is 10.2 Å². The van der Waals surface area contributed by atoms with E-state index in [0.29, 0.717) is 13.2 Å². The van der Waals surface area contributed by atoms with Crippen molar-refractivity contribution in [2.24, 2.45) is 0 Å². The molecule has 0 aromatic heterocycles. The summed E-state index contributed by atoms with van der Waals surface area (Å²) >= 11 is 0. The van der Waals surface area contributed by atoms with E-state index in [4.69, 9.17) is 10.2 Å². The lowest BCUT2D eigenvalue weighted by atomic mass is 10.5. The van der Waals surface area contributed by atoms with Crippen LogP contribution in [0.3, 0.4) is 0 Å². The van der Waals surface area contributed by atoms with E-state index in [1.54, 1.807) is 0 Å². The van der Waals surface area contributed by atoms with Gasteiger partial charge in [0.15, 0.2) is 0 Å². The van der Waals surface area contributed by atoms with Gasteiger partial charge in [0, 0.05) is 13.2 Å². The largest absolute Gasteiger partial charge is 0.396 e. The summed E-state index contributed by atoms with van der Waals surface area (Å²) in [7, 11) is 0. The predicted molar refractivity (Wildman–Crippen MR) is 42.0 cm³/mol. The summed E-state index contributed by atoms with van der Waals surface area (Å²) in [5.41, 5.74) is 0. The van der Waals surface area contributed by atoms with Crippen LogP contribution in [0.4, 0.5) is 0 Å². The average molecular weight is 157 g/mol. The van der Waals surface area contributed by atoms with Crippen LogP contribution in [-0.4, -0.2) is 23.4 Å².